The molecule has 2 bridgehead atoms. The van der Waals surface area contributed by atoms with Crippen molar-refractivity contribution in [3.63, 3.8) is 0 Å². The summed E-state index contributed by atoms with van der Waals surface area (Å²) in [5.74, 6) is 0. The molecule has 0 aliphatic heterocycles. The molecule has 0 heteroatoms. The Hall–Kier alpha value is 0. The third-order valence-corrected chi connectivity index (χ3v) is 4.93. The van der Waals surface area contributed by atoms with Gasteiger partial charge >= 0.3 is 0 Å². The molecule has 0 aromatic rings. The minimum absolute atomic E-state index is 0.694. The molecule has 0 nitrogen and oxygen atoms in total. The van der Waals surface area contributed by atoms with Crippen LogP contribution in [-0.2, 0) is 0 Å². The van der Waals surface area contributed by atoms with Crippen LogP contribution < -0.4 is 0 Å². The minimum atomic E-state index is 0.694. The Morgan fingerprint density at radius 2 is 1.40 bits per heavy atom. The highest BCUT2D eigenvalue weighted by Gasteiger charge is 2.76. The fraction of sp³-hybridized carbons (Fsp3) is 1.00. The summed E-state index contributed by atoms with van der Waals surface area (Å²) in [7, 11) is 0. The molecule has 0 saturated heterocycles. The molecule has 0 spiro atoms. The zero-order valence-corrected chi connectivity index (χ0v) is 7.62. The topological polar surface area (TPSA) is 0 Å². The van der Waals surface area contributed by atoms with Crippen molar-refractivity contribution in [1.82, 2.24) is 0 Å². The highest BCUT2D eigenvalue weighted by atomic mass is 14.8. The van der Waals surface area contributed by atoms with Gasteiger partial charge in [-0.1, -0.05) is 27.7 Å². The Morgan fingerprint density at radius 1 is 1.00 bits per heavy atom. The van der Waals surface area contributed by atoms with Crippen molar-refractivity contribution in [1.29, 1.82) is 0 Å². The minimum Gasteiger partial charge on any atom is -0.0648 e. The van der Waals surface area contributed by atoms with E-state index in [9.17, 15) is 0 Å². The van der Waals surface area contributed by atoms with Crippen molar-refractivity contribution in [2.24, 2.45) is 16.2 Å². The van der Waals surface area contributed by atoms with Crippen LogP contribution in [0.2, 0.25) is 0 Å². The van der Waals surface area contributed by atoms with Gasteiger partial charge in [-0.05, 0) is 35.5 Å². The zero-order valence-electron chi connectivity index (χ0n) is 7.62. The lowest BCUT2D eigenvalue weighted by Gasteiger charge is -2.82. The van der Waals surface area contributed by atoms with Crippen LogP contribution in [0.4, 0.5) is 0 Å². The molecule has 3 aliphatic carbocycles. The largest absolute Gasteiger partial charge is 0.0648 e. The summed E-state index contributed by atoms with van der Waals surface area (Å²) in [4.78, 5) is 0. The third-order valence-electron chi connectivity index (χ3n) is 4.93. The van der Waals surface area contributed by atoms with E-state index in [0.29, 0.717) is 5.41 Å². The molecule has 0 N–H and O–H groups in total. The second-order valence-corrected chi connectivity index (χ2v) is 5.16. The SMILES string of the molecule is CCC1(C)C2(C)CC1(C)C2. The molecule has 3 aliphatic rings. The van der Waals surface area contributed by atoms with E-state index in [1.807, 2.05) is 0 Å². The van der Waals surface area contributed by atoms with E-state index in [1.54, 1.807) is 0 Å². The first-order valence-electron chi connectivity index (χ1n) is 4.47. The van der Waals surface area contributed by atoms with E-state index in [0.717, 1.165) is 10.8 Å². The van der Waals surface area contributed by atoms with Crippen molar-refractivity contribution in [3.05, 3.63) is 0 Å². The van der Waals surface area contributed by atoms with Crippen LogP contribution in [0.15, 0.2) is 0 Å². The maximum Gasteiger partial charge on any atom is -0.0220 e. The molecule has 3 rings (SSSR count). The lowest BCUT2D eigenvalue weighted by atomic mass is 9.23. The van der Waals surface area contributed by atoms with Gasteiger partial charge in [0.25, 0.3) is 0 Å². The summed E-state index contributed by atoms with van der Waals surface area (Å²) in [6, 6.07) is 0. The maximum absolute atomic E-state index is 2.47. The summed E-state index contributed by atoms with van der Waals surface area (Å²) >= 11 is 0. The van der Waals surface area contributed by atoms with Gasteiger partial charge in [0.15, 0.2) is 0 Å². The first-order chi connectivity index (χ1) is 4.47. The quantitative estimate of drug-likeness (QED) is 0.522. The Bertz CT molecular complexity index is 158. The molecule has 0 aromatic heterocycles. The highest BCUT2D eigenvalue weighted by molar-refractivity contribution is 5.25. The lowest BCUT2D eigenvalue weighted by molar-refractivity contribution is -0.328. The zero-order chi connectivity index (χ0) is 7.62. The summed E-state index contributed by atoms with van der Waals surface area (Å²) in [6.45, 7) is 9.73. The van der Waals surface area contributed by atoms with Gasteiger partial charge in [-0.3, -0.25) is 0 Å². The van der Waals surface area contributed by atoms with Gasteiger partial charge in [0, 0.05) is 0 Å². The molecule has 3 saturated carbocycles. The number of hydrogen-bond donors (Lipinski definition) is 0. The summed E-state index contributed by atoms with van der Waals surface area (Å²) < 4.78 is 0. The van der Waals surface area contributed by atoms with Crippen LogP contribution in [0.25, 0.3) is 0 Å². The molecule has 3 fully saturated rings. The molecule has 0 radical (unpaired) electrons. The maximum atomic E-state index is 2.47. The van der Waals surface area contributed by atoms with Crippen LogP contribution in [0, 0.1) is 16.2 Å². The first-order valence-corrected chi connectivity index (χ1v) is 4.47. The Labute approximate surface area is 64.0 Å². The van der Waals surface area contributed by atoms with Crippen LogP contribution in [0.5, 0.6) is 0 Å². The normalized spacial score (nSPS) is 64.8. The van der Waals surface area contributed by atoms with Crippen LogP contribution in [-0.4, -0.2) is 0 Å². The Morgan fingerprint density at radius 3 is 1.50 bits per heavy atom. The molecule has 0 atom stereocenters. The fourth-order valence-corrected chi connectivity index (χ4v) is 3.82. The molecule has 10 heavy (non-hydrogen) atoms. The summed E-state index contributed by atoms with van der Waals surface area (Å²) in [5, 5.41) is 0. The average molecular weight is 138 g/mol. The van der Waals surface area contributed by atoms with E-state index < -0.39 is 0 Å². The van der Waals surface area contributed by atoms with Crippen molar-refractivity contribution in [3.8, 4) is 0 Å². The standard InChI is InChI=1S/C10H18/c1-5-10(4)8(2)6-9(10,3)7-8/h5-7H2,1-4H3. The summed E-state index contributed by atoms with van der Waals surface area (Å²) in [5.41, 5.74) is 2.16. The smallest absolute Gasteiger partial charge is 0.0220 e. The Balaban J connectivity index is 2.27. The predicted octanol–water partition coefficient (Wildman–Crippen LogP) is 3.22. The molecule has 0 unspecified atom stereocenters. The second kappa shape index (κ2) is 1.31. The van der Waals surface area contributed by atoms with E-state index in [4.69, 9.17) is 0 Å². The average Bonchev–Trinajstić information content (AvgIpc) is 1.85. The monoisotopic (exact) mass is 138 g/mol. The van der Waals surface area contributed by atoms with Crippen LogP contribution in [0.1, 0.15) is 47.0 Å². The van der Waals surface area contributed by atoms with Gasteiger partial charge in [-0.25, -0.2) is 0 Å². The van der Waals surface area contributed by atoms with Crippen molar-refractivity contribution < 1.29 is 0 Å². The summed E-state index contributed by atoms with van der Waals surface area (Å²) in [6.07, 6.45) is 4.36. The number of rotatable bonds is 1. The van der Waals surface area contributed by atoms with E-state index in [-0.39, 0.29) is 0 Å². The highest BCUT2D eigenvalue weighted by Crippen LogP contribution is 2.84. The van der Waals surface area contributed by atoms with E-state index >= 15 is 0 Å². The molecular weight excluding hydrogens is 120 g/mol. The van der Waals surface area contributed by atoms with Crippen molar-refractivity contribution in [2.75, 3.05) is 0 Å². The van der Waals surface area contributed by atoms with Gasteiger partial charge < -0.3 is 0 Å². The van der Waals surface area contributed by atoms with Crippen LogP contribution >= 0.6 is 0 Å². The molecule has 0 amide bonds. The Kier molecular flexibility index (Phi) is 0.874. The van der Waals surface area contributed by atoms with Gasteiger partial charge in [0.2, 0.25) is 0 Å². The van der Waals surface area contributed by atoms with Gasteiger partial charge in [0.05, 0.1) is 0 Å². The van der Waals surface area contributed by atoms with Crippen molar-refractivity contribution >= 4 is 0 Å². The third kappa shape index (κ3) is 0.360. The van der Waals surface area contributed by atoms with Gasteiger partial charge in [0.1, 0.15) is 0 Å². The van der Waals surface area contributed by atoms with Crippen LogP contribution in [0.3, 0.4) is 0 Å². The van der Waals surface area contributed by atoms with Crippen molar-refractivity contribution in [2.45, 2.75) is 47.0 Å². The molecular formula is C10H18. The van der Waals surface area contributed by atoms with E-state index in [2.05, 4.69) is 27.7 Å². The van der Waals surface area contributed by atoms with Gasteiger partial charge in [-0.15, -0.1) is 0 Å². The predicted molar refractivity (Wildman–Crippen MR) is 43.8 cm³/mol. The lowest BCUT2D eigenvalue weighted by Crippen LogP contribution is -2.74. The molecule has 0 aromatic carbocycles. The fourth-order valence-electron chi connectivity index (χ4n) is 3.82. The van der Waals surface area contributed by atoms with Gasteiger partial charge in [-0.2, -0.15) is 0 Å². The van der Waals surface area contributed by atoms with E-state index in [1.165, 1.54) is 19.3 Å². The second-order valence-electron chi connectivity index (χ2n) is 5.16. The molecule has 58 valence electrons. The molecule has 0 heterocycles. The number of hydrogen-bond acceptors (Lipinski definition) is 0. The first kappa shape index (κ1) is 6.69.